The normalized spacial score (nSPS) is 15.1. The molecule has 0 unspecified atom stereocenters. The standard InChI is InChI=1S/C15H21NO2S/c1-15(2,3)18-14(17)16-9-5-6-11-10-12(19-4)7-8-13(11)16/h7-8,10H,5-6,9H2,1-4H3. The van der Waals surface area contributed by atoms with Crippen molar-refractivity contribution in [1.29, 1.82) is 0 Å². The lowest BCUT2D eigenvalue weighted by Crippen LogP contribution is -2.39. The zero-order chi connectivity index (χ0) is 14.0. The summed E-state index contributed by atoms with van der Waals surface area (Å²) in [6.07, 6.45) is 3.84. The molecule has 1 aromatic carbocycles. The topological polar surface area (TPSA) is 29.5 Å². The van der Waals surface area contributed by atoms with E-state index in [0.717, 1.165) is 25.1 Å². The molecular weight excluding hydrogens is 258 g/mol. The fourth-order valence-electron chi connectivity index (χ4n) is 2.21. The molecule has 0 saturated heterocycles. The molecule has 0 fully saturated rings. The molecule has 2 rings (SSSR count). The fraction of sp³-hybridized carbons (Fsp3) is 0.533. The lowest BCUT2D eigenvalue weighted by molar-refractivity contribution is 0.0578. The third-order valence-corrected chi connectivity index (χ3v) is 3.74. The highest BCUT2D eigenvalue weighted by atomic mass is 32.2. The zero-order valence-corrected chi connectivity index (χ0v) is 12.8. The van der Waals surface area contributed by atoms with Crippen LogP contribution in [0, 0.1) is 0 Å². The molecule has 1 aliphatic heterocycles. The van der Waals surface area contributed by atoms with E-state index >= 15 is 0 Å². The van der Waals surface area contributed by atoms with Gasteiger partial charge in [0.25, 0.3) is 0 Å². The summed E-state index contributed by atoms with van der Waals surface area (Å²) in [5.74, 6) is 0. The Bertz CT molecular complexity index is 480. The van der Waals surface area contributed by atoms with E-state index in [4.69, 9.17) is 4.74 Å². The minimum absolute atomic E-state index is 0.245. The third kappa shape index (κ3) is 3.44. The van der Waals surface area contributed by atoms with Crippen molar-refractivity contribution in [3.05, 3.63) is 23.8 Å². The molecule has 1 aliphatic rings. The highest BCUT2D eigenvalue weighted by molar-refractivity contribution is 7.98. The monoisotopic (exact) mass is 279 g/mol. The van der Waals surface area contributed by atoms with Crippen molar-refractivity contribution >= 4 is 23.5 Å². The maximum Gasteiger partial charge on any atom is 0.414 e. The molecule has 0 aromatic heterocycles. The second-order valence-corrected chi connectivity index (χ2v) is 6.61. The van der Waals surface area contributed by atoms with Crippen LogP contribution in [-0.4, -0.2) is 24.5 Å². The first-order chi connectivity index (χ1) is 8.90. The summed E-state index contributed by atoms with van der Waals surface area (Å²) in [4.78, 5) is 15.2. The first kappa shape index (κ1) is 14.3. The van der Waals surface area contributed by atoms with Gasteiger partial charge in [-0.05, 0) is 63.6 Å². The lowest BCUT2D eigenvalue weighted by atomic mass is 10.0. The van der Waals surface area contributed by atoms with Gasteiger partial charge in [-0.2, -0.15) is 0 Å². The van der Waals surface area contributed by atoms with Gasteiger partial charge in [0.2, 0.25) is 0 Å². The van der Waals surface area contributed by atoms with E-state index < -0.39 is 5.60 Å². The number of rotatable bonds is 1. The Kier molecular flexibility index (Phi) is 4.09. The van der Waals surface area contributed by atoms with Crippen LogP contribution in [0.4, 0.5) is 10.5 Å². The maximum atomic E-state index is 12.2. The molecule has 0 bridgehead atoms. The fourth-order valence-corrected chi connectivity index (χ4v) is 2.67. The van der Waals surface area contributed by atoms with Gasteiger partial charge in [0, 0.05) is 11.4 Å². The van der Waals surface area contributed by atoms with E-state index in [1.807, 2.05) is 26.8 Å². The molecule has 104 valence electrons. The summed E-state index contributed by atoms with van der Waals surface area (Å²) in [6, 6.07) is 6.27. The lowest BCUT2D eigenvalue weighted by Gasteiger charge is -2.31. The van der Waals surface area contributed by atoms with Crippen LogP contribution < -0.4 is 4.90 Å². The van der Waals surface area contributed by atoms with Crippen LogP contribution in [0.1, 0.15) is 32.8 Å². The van der Waals surface area contributed by atoms with Gasteiger partial charge >= 0.3 is 6.09 Å². The van der Waals surface area contributed by atoms with E-state index in [9.17, 15) is 4.79 Å². The van der Waals surface area contributed by atoms with E-state index in [1.54, 1.807) is 16.7 Å². The molecule has 0 aliphatic carbocycles. The van der Waals surface area contributed by atoms with Crippen molar-refractivity contribution in [3.8, 4) is 0 Å². The number of carbonyl (C=O) groups is 1. The molecule has 1 amide bonds. The van der Waals surface area contributed by atoms with Gasteiger partial charge in [-0.25, -0.2) is 4.79 Å². The predicted molar refractivity (Wildman–Crippen MR) is 80.1 cm³/mol. The van der Waals surface area contributed by atoms with Crippen LogP contribution in [0.2, 0.25) is 0 Å². The van der Waals surface area contributed by atoms with Crippen LogP contribution in [-0.2, 0) is 11.2 Å². The number of thioether (sulfide) groups is 1. The van der Waals surface area contributed by atoms with Gasteiger partial charge in [-0.1, -0.05) is 0 Å². The van der Waals surface area contributed by atoms with E-state index in [1.165, 1.54) is 10.5 Å². The molecule has 0 N–H and O–H groups in total. The smallest absolute Gasteiger partial charge is 0.414 e. The van der Waals surface area contributed by atoms with Crippen molar-refractivity contribution in [3.63, 3.8) is 0 Å². The Labute approximate surface area is 119 Å². The van der Waals surface area contributed by atoms with Crippen LogP contribution in [0.3, 0.4) is 0 Å². The number of fused-ring (bicyclic) bond motifs is 1. The van der Waals surface area contributed by atoms with Gasteiger partial charge in [0.15, 0.2) is 0 Å². The minimum Gasteiger partial charge on any atom is -0.443 e. The Morgan fingerprint density at radius 3 is 2.74 bits per heavy atom. The summed E-state index contributed by atoms with van der Waals surface area (Å²) < 4.78 is 5.47. The molecule has 3 nitrogen and oxygen atoms in total. The zero-order valence-electron chi connectivity index (χ0n) is 12.0. The minimum atomic E-state index is -0.450. The number of aryl methyl sites for hydroxylation is 1. The molecule has 1 aromatic rings. The molecule has 0 atom stereocenters. The molecule has 0 spiro atoms. The van der Waals surface area contributed by atoms with Gasteiger partial charge in [0.1, 0.15) is 5.60 Å². The second-order valence-electron chi connectivity index (χ2n) is 5.73. The van der Waals surface area contributed by atoms with E-state index in [-0.39, 0.29) is 6.09 Å². The summed E-state index contributed by atoms with van der Waals surface area (Å²) in [5, 5.41) is 0. The largest absolute Gasteiger partial charge is 0.443 e. The Morgan fingerprint density at radius 2 is 2.11 bits per heavy atom. The quantitative estimate of drug-likeness (QED) is 0.725. The highest BCUT2D eigenvalue weighted by Gasteiger charge is 2.27. The Morgan fingerprint density at radius 1 is 1.37 bits per heavy atom. The summed E-state index contributed by atoms with van der Waals surface area (Å²) in [7, 11) is 0. The van der Waals surface area contributed by atoms with Crippen molar-refractivity contribution < 1.29 is 9.53 Å². The van der Waals surface area contributed by atoms with Crippen LogP contribution in [0.5, 0.6) is 0 Å². The molecule has 0 radical (unpaired) electrons. The SMILES string of the molecule is CSc1ccc2c(c1)CCCN2C(=O)OC(C)(C)C. The number of hydrogen-bond donors (Lipinski definition) is 0. The van der Waals surface area contributed by atoms with E-state index in [0.29, 0.717) is 0 Å². The van der Waals surface area contributed by atoms with Crippen molar-refractivity contribution in [1.82, 2.24) is 0 Å². The third-order valence-electron chi connectivity index (χ3n) is 3.02. The Hall–Kier alpha value is -1.16. The predicted octanol–water partition coefficient (Wildman–Crippen LogP) is 4.10. The number of amides is 1. The van der Waals surface area contributed by atoms with Gasteiger partial charge in [-0.3, -0.25) is 4.90 Å². The second kappa shape index (κ2) is 5.45. The van der Waals surface area contributed by atoms with Crippen LogP contribution in [0.25, 0.3) is 0 Å². The number of benzene rings is 1. The number of ether oxygens (including phenoxy) is 1. The van der Waals surface area contributed by atoms with E-state index in [2.05, 4.69) is 18.4 Å². The maximum absolute atomic E-state index is 12.2. The van der Waals surface area contributed by atoms with Gasteiger partial charge < -0.3 is 4.74 Å². The number of carbonyl (C=O) groups excluding carboxylic acids is 1. The molecule has 0 saturated carbocycles. The average molecular weight is 279 g/mol. The molecule has 4 heteroatoms. The number of hydrogen-bond acceptors (Lipinski definition) is 3. The van der Waals surface area contributed by atoms with Crippen molar-refractivity contribution in [2.75, 3.05) is 17.7 Å². The molecule has 19 heavy (non-hydrogen) atoms. The van der Waals surface area contributed by atoms with Crippen LogP contribution in [0.15, 0.2) is 23.1 Å². The molecular formula is C15H21NO2S. The summed E-state index contributed by atoms with van der Waals surface area (Å²) in [5.41, 5.74) is 1.79. The van der Waals surface area contributed by atoms with Crippen molar-refractivity contribution in [2.24, 2.45) is 0 Å². The average Bonchev–Trinajstić information content (AvgIpc) is 2.35. The summed E-state index contributed by atoms with van der Waals surface area (Å²) >= 11 is 1.73. The highest BCUT2D eigenvalue weighted by Crippen LogP contribution is 2.31. The first-order valence-corrected chi connectivity index (χ1v) is 7.80. The molecule has 1 heterocycles. The summed E-state index contributed by atoms with van der Waals surface area (Å²) in [6.45, 7) is 6.42. The first-order valence-electron chi connectivity index (χ1n) is 6.58. The Balaban J connectivity index is 2.25. The number of nitrogens with zero attached hydrogens (tertiary/aromatic N) is 1. The number of anilines is 1. The van der Waals surface area contributed by atoms with Gasteiger partial charge in [-0.15, -0.1) is 11.8 Å². The van der Waals surface area contributed by atoms with Crippen molar-refractivity contribution in [2.45, 2.75) is 44.1 Å². The van der Waals surface area contributed by atoms with Gasteiger partial charge in [0.05, 0.1) is 5.69 Å². The van der Waals surface area contributed by atoms with Crippen LogP contribution >= 0.6 is 11.8 Å².